The SMILES string of the molecule is Cc1[nH]c2ccc(F)cc2c1C(=O)NC(CC(C)C)C1CCCN1. The minimum Gasteiger partial charge on any atom is -0.358 e. The predicted octanol–water partition coefficient (Wildman–Crippen LogP) is 3.51. The van der Waals surface area contributed by atoms with E-state index in [1.54, 1.807) is 6.07 Å². The number of rotatable bonds is 5. The lowest BCUT2D eigenvalue weighted by Crippen LogP contribution is -2.48. The maximum atomic E-state index is 13.6. The third-order valence-corrected chi connectivity index (χ3v) is 4.80. The van der Waals surface area contributed by atoms with Crippen molar-refractivity contribution < 1.29 is 9.18 Å². The van der Waals surface area contributed by atoms with Crippen molar-refractivity contribution in [2.45, 2.75) is 52.1 Å². The quantitative estimate of drug-likeness (QED) is 0.785. The van der Waals surface area contributed by atoms with Crippen LogP contribution in [0.2, 0.25) is 0 Å². The fourth-order valence-electron chi connectivity index (χ4n) is 3.72. The Morgan fingerprint density at radius 3 is 2.88 bits per heavy atom. The van der Waals surface area contributed by atoms with Gasteiger partial charge in [0.2, 0.25) is 0 Å². The van der Waals surface area contributed by atoms with Crippen LogP contribution >= 0.6 is 0 Å². The molecule has 1 aromatic carbocycles. The minimum atomic E-state index is -0.327. The number of benzene rings is 1. The van der Waals surface area contributed by atoms with Gasteiger partial charge in [0.15, 0.2) is 0 Å². The van der Waals surface area contributed by atoms with Crippen LogP contribution in [0.4, 0.5) is 4.39 Å². The number of fused-ring (bicyclic) bond motifs is 1. The molecule has 3 rings (SSSR count). The van der Waals surface area contributed by atoms with Crippen molar-refractivity contribution in [3.63, 3.8) is 0 Å². The molecule has 130 valence electrons. The molecule has 1 fully saturated rings. The Kier molecular flexibility index (Phi) is 4.90. The van der Waals surface area contributed by atoms with Crippen LogP contribution in [0.1, 0.15) is 49.2 Å². The number of aromatic nitrogens is 1. The molecule has 2 aromatic rings. The molecule has 0 saturated carbocycles. The van der Waals surface area contributed by atoms with Crippen molar-refractivity contribution >= 4 is 16.8 Å². The van der Waals surface area contributed by atoms with Crippen LogP contribution in [-0.4, -0.2) is 29.5 Å². The molecule has 24 heavy (non-hydrogen) atoms. The molecule has 0 spiro atoms. The second-order valence-electron chi connectivity index (χ2n) is 7.23. The van der Waals surface area contributed by atoms with Gasteiger partial charge in [0, 0.05) is 28.7 Å². The van der Waals surface area contributed by atoms with Crippen molar-refractivity contribution in [3.05, 3.63) is 35.3 Å². The summed E-state index contributed by atoms with van der Waals surface area (Å²) in [4.78, 5) is 16.1. The van der Waals surface area contributed by atoms with Crippen LogP contribution in [0, 0.1) is 18.7 Å². The van der Waals surface area contributed by atoms with Gasteiger partial charge in [-0.05, 0) is 56.8 Å². The molecule has 2 unspecified atom stereocenters. The highest BCUT2D eigenvalue weighted by Gasteiger charge is 2.28. The van der Waals surface area contributed by atoms with Crippen LogP contribution in [0.15, 0.2) is 18.2 Å². The molecule has 0 aliphatic carbocycles. The lowest BCUT2D eigenvalue weighted by molar-refractivity contribution is 0.0924. The molecule has 1 saturated heterocycles. The van der Waals surface area contributed by atoms with Crippen LogP contribution in [0.25, 0.3) is 10.9 Å². The van der Waals surface area contributed by atoms with Gasteiger partial charge in [-0.3, -0.25) is 4.79 Å². The Morgan fingerprint density at radius 1 is 1.42 bits per heavy atom. The monoisotopic (exact) mass is 331 g/mol. The van der Waals surface area contributed by atoms with E-state index in [-0.39, 0.29) is 17.8 Å². The summed E-state index contributed by atoms with van der Waals surface area (Å²) in [6.07, 6.45) is 3.16. The Hall–Kier alpha value is -1.88. The zero-order valence-electron chi connectivity index (χ0n) is 14.6. The number of carbonyl (C=O) groups excluding carboxylic acids is 1. The molecule has 3 N–H and O–H groups in total. The second kappa shape index (κ2) is 6.93. The number of H-pyrrole nitrogens is 1. The summed E-state index contributed by atoms with van der Waals surface area (Å²) < 4.78 is 13.6. The van der Waals surface area contributed by atoms with E-state index in [9.17, 15) is 9.18 Å². The second-order valence-corrected chi connectivity index (χ2v) is 7.23. The third kappa shape index (κ3) is 3.46. The number of aryl methyl sites for hydroxylation is 1. The fraction of sp³-hybridized carbons (Fsp3) is 0.526. The first kappa shape index (κ1) is 17.0. The highest BCUT2D eigenvalue weighted by Crippen LogP contribution is 2.24. The Labute approximate surface area is 142 Å². The first-order chi connectivity index (χ1) is 11.5. The van der Waals surface area contributed by atoms with Crippen molar-refractivity contribution in [1.29, 1.82) is 0 Å². The van der Waals surface area contributed by atoms with Crippen LogP contribution < -0.4 is 10.6 Å². The van der Waals surface area contributed by atoms with E-state index in [1.807, 2.05) is 6.92 Å². The molecule has 0 bridgehead atoms. The van der Waals surface area contributed by atoms with Gasteiger partial charge >= 0.3 is 0 Å². The van der Waals surface area contributed by atoms with Crippen molar-refractivity contribution in [2.75, 3.05) is 6.54 Å². The van der Waals surface area contributed by atoms with Crippen LogP contribution in [0.5, 0.6) is 0 Å². The van der Waals surface area contributed by atoms with Gasteiger partial charge in [0.25, 0.3) is 5.91 Å². The van der Waals surface area contributed by atoms with Crippen LogP contribution in [0.3, 0.4) is 0 Å². The topological polar surface area (TPSA) is 56.9 Å². The number of amides is 1. The summed E-state index contributed by atoms with van der Waals surface area (Å²) in [5.74, 6) is 0.0506. The van der Waals surface area contributed by atoms with E-state index < -0.39 is 0 Å². The fourth-order valence-corrected chi connectivity index (χ4v) is 3.72. The normalized spacial score (nSPS) is 19.1. The summed E-state index contributed by atoms with van der Waals surface area (Å²) in [6.45, 7) is 7.20. The van der Waals surface area contributed by atoms with E-state index in [0.717, 1.165) is 37.0 Å². The van der Waals surface area contributed by atoms with E-state index in [1.165, 1.54) is 12.1 Å². The van der Waals surface area contributed by atoms with Gasteiger partial charge in [0.05, 0.1) is 5.56 Å². The Balaban J connectivity index is 1.87. The maximum absolute atomic E-state index is 13.6. The van der Waals surface area contributed by atoms with E-state index in [2.05, 4.69) is 29.5 Å². The van der Waals surface area contributed by atoms with E-state index >= 15 is 0 Å². The molecule has 1 aliphatic rings. The van der Waals surface area contributed by atoms with E-state index in [0.29, 0.717) is 22.9 Å². The largest absolute Gasteiger partial charge is 0.358 e. The average molecular weight is 331 g/mol. The minimum absolute atomic E-state index is 0.0953. The van der Waals surface area contributed by atoms with Gasteiger partial charge in [-0.15, -0.1) is 0 Å². The first-order valence-corrected chi connectivity index (χ1v) is 8.77. The van der Waals surface area contributed by atoms with E-state index in [4.69, 9.17) is 0 Å². The van der Waals surface area contributed by atoms with Gasteiger partial charge in [0.1, 0.15) is 5.82 Å². The number of nitrogens with one attached hydrogen (secondary N) is 3. The summed E-state index contributed by atoms with van der Waals surface area (Å²) in [5, 5.41) is 7.34. The molecular formula is C19H26FN3O. The third-order valence-electron chi connectivity index (χ3n) is 4.80. The number of carbonyl (C=O) groups is 1. The standard InChI is InChI=1S/C19H26FN3O/c1-11(2)9-17(16-5-4-8-21-16)23-19(24)18-12(3)22-15-7-6-13(20)10-14(15)18/h6-7,10-11,16-17,21-22H,4-5,8-9H2,1-3H3,(H,23,24). The highest BCUT2D eigenvalue weighted by molar-refractivity contribution is 6.08. The molecule has 2 heterocycles. The summed E-state index contributed by atoms with van der Waals surface area (Å²) in [5.41, 5.74) is 2.12. The van der Waals surface area contributed by atoms with Crippen molar-refractivity contribution in [1.82, 2.24) is 15.6 Å². The number of hydrogen-bond acceptors (Lipinski definition) is 2. The summed E-state index contributed by atoms with van der Waals surface area (Å²) in [6, 6.07) is 4.93. The summed E-state index contributed by atoms with van der Waals surface area (Å²) >= 11 is 0. The molecule has 1 amide bonds. The zero-order valence-corrected chi connectivity index (χ0v) is 14.6. The molecule has 5 heteroatoms. The molecule has 4 nitrogen and oxygen atoms in total. The zero-order chi connectivity index (χ0) is 17.3. The lowest BCUT2D eigenvalue weighted by Gasteiger charge is -2.26. The van der Waals surface area contributed by atoms with Gasteiger partial charge in [-0.2, -0.15) is 0 Å². The first-order valence-electron chi connectivity index (χ1n) is 8.77. The van der Waals surface area contributed by atoms with Gasteiger partial charge in [-0.1, -0.05) is 13.8 Å². The van der Waals surface area contributed by atoms with Crippen LogP contribution in [-0.2, 0) is 0 Å². The average Bonchev–Trinajstić information content (AvgIpc) is 3.12. The van der Waals surface area contributed by atoms with Crippen molar-refractivity contribution in [2.24, 2.45) is 5.92 Å². The number of aromatic amines is 1. The Bertz CT molecular complexity index is 732. The maximum Gasteiger partial charge on any atom is 0.254 e. The smallest absolute Gasteiger partial charge is 0.254 e. The van der Waals surface area contributed by atoms with Crippen molar-refractivity contribution in [3.8, 4) is 0 Å². The number of halogens is 1. The molecular weight excluding hydrogens is 305 g/mol. The molecule has 1 aromatic heterocycles. The predicted molar refractivity (Wildman–Crippen MR) is 94.7 cm³/mol. The highest BCUT2D eigenvalue weighted by atomic mass is 19.1. The van der Waals surface area contributed by atoms with Gasteiger partial charge in [-0.25, -0.2) is 4.39 Å². The molecule has 2 atom stereocenters. The summed E-state index contributed by atoms with van der Waals surface area (Å²) in [7, 11) is 0. The lowest BCUT2D eigenvalue weighted by atomic mass is 9.95. The Morgan fingerprint density at radius 2 is 2.21 bits per heavy atom. The van der Waals surface area contributed by atoms with Gasteiger partial charge < -0.3 is 15.6 Å². The molecule has 1 aliphatic heterocycles. The molecule has 0 radical (unpaired) electrons. The number of hydrogen-bond donors (Lipinski definition) is 3.